The van der Waals surface area contributed by atoms with E-state index in [1.165, 1.54) is 6.92 Å². The molecule has 1 fully saturated rings. The Morgan fingerprint density at radius 2 is 2.00 bits per heavy atom. The summed E-state index contributed by atoms with van der Waals surface area (Å²) in [5, 5.41) is 10.7. The highest BCUT2D eigenvalue weighted by Crippen LogP contribution is 2.35. The molecular weight excluding hydrogens is 446 g/mol. The normalized spacial score (nSPS) is 14.9. The number of fused-ring (bicyclic) bond motifs is 1. The van der Waals surface area contributed by atoms with Crippen LogP contribution in [0.3, 0.4) is 0 Å². The highest BCUT2D eigenvalue weighted by atomic mass is 16.5. The number of rotatable bonds is 5. The molecule has 1 aliphatic rings. The maximum atomic E-state index is 11.5. The van der Waals surface area contributed by atoms with Crippen LogP contribution in [0, 0.1) is 0 Å². The van der Waals surface area contributed by atoms with Gasteiger partial charge in [0.1, 0.15) is 5.82 Å². The molecule has 5 heterocycles. The molecule has 1 unspecified atom stereocenters. The number of aryl methyl sites for hydroxylation is 1. The molecule has 1 aliphatic heterocycles. The van der Waals surface area contributed by atoms with Crippen molar-refractivity contribution in [2.24, 2.45) is 7.05 Å². The van der Waals surface area contributed by atoms with Gasteiger partial charge in [0.2, 0.25) is 5.91 Å². The van der Waals surface area contributed by atoms with Gasteiger partial charge < -0.3 is 19.7 Å². The summed E-state index contributed by atoms with van der Waals surface area (Å²) in [6, 6.07) is 9.54. The number of aliphatic hydroxyl groups is 1. The number of ether oxygens (including phenoxy) is 1. The van der Waals surface area contributed by atoms with Crippen LogP contribution < -0.4 is 5.32 Å². The second-order valence-electron chi connectivity index (χ2n) is 8.24. The molecule has 180 valence electrons. The van der Waals surface area contributed by atoms with Gasteiger partial charge in [-0.2, -0.15) is 0 Å². The summed E-state index contributed by atoms with van der Waals surface area (Å²) in [6.07, 6.45) is 7.05. The fourth-order valence-electron chi connectivity index (χ4n) is 4.19. The average Bonchev–Trinajstić information content (AvgIpc) is 3.53. The molecule has 5 rings (SSSR count). The number of amides is 1. The molecule has 2 N–H and O–H groups in total. The summed E-state index contributed by atoms with van der Waals surface area (Å²) in [6.45, 7) is 2.82. The van der Waals surface area contributed by atoms with Crippen molar-refractivity contribution in [2.75, 3.05) is 25.6 Å². The molecule has 1 atom stereocenters. The largest absolute Gasteiger partial charge is 0.400 e. The summed E-state index contributed by atoms with van der Waals surface area (Å²) >= 11 is 0. The Balaban J connectivity index is 0.00000141. The van der Waals surface area contributed by atoms with Crippen LogP contribution in [0.5, 0.6) is 0 Å². The molecule has 1 saturated heterocycles. The molecule has 4 aromatic heterocycles. The van der Waals surface area contributed by atoms with Gasteiger partial charge in [0.25, 0.3) is 0 Å². The van der Waals surface area contributed by atoms with Gasteiger partial charge in [-0.1, -0.05) is 0 Å². The SMILES string of the molecule is CC(=O)Nc1cc2c(-c3cc(-c4ccc(C=O)cn4)cc(C4CCOC4)n3)cn(C)c2cn1.CO. The van der Waals surface area contributed by atoms with Crippen molar-refractivity contribution < 1.29 is 19.4 Å². The molecule has 4 aromatic rings. The van der Waals surface area contributed by atoms with E-state index in [1.54, 1.807) is 18.5 Å². The number of hydrogen-bond acceptors (Lipinski definition) is 7. The number of nitrogens with one attached hydrogen (secondary N) is 1. The maximum absolute atomic E-state index is 11.5. The standard InChI is InChI=1S/C25H23N5O3.CH4O/c1-15(32)28-25-9-19-20(12-30(2)24(19)11-27-25)23-8-18(21-4-3-16(13-31)10-26-21)7-22(29-23)17-5-6-33-14-17;1-2/h3-4,7-13,17H,5-6,14H2,1-2H3,(H,27,28,32);2H,1H3. The van der Waals surface area contributed by atoms with Crippen LogP contribution in [-0.2, 0) is 16.6 Å². The Morgan fingerprint density at radius 3 is 2.66 bits per heavy atom. The van der Waals surface area contributed by atoms with Crippen molar-refractivity contribution >= 4 is 28.9 Å². The Bertz CT molecular complexity index is 1360. The summed E-state index contributed by atoms with van der Waals surface area (Å²) < 4.78 is 7.61. The highest BCUT2D eigenvalue weighted by molar-refractivity contribution is 5.98. The number of pyridine rings is 3. The van der Waals surface area contributed by atoms with Crippen LogP contribution in [0.1, 0.15) is 35.3 Å². The molecule has 35 heavy (non-hydrogen) atoms. The molecule has 0 bridgehead atoms. The van der Waals surface area contributed by atoms with Crippen LogP contribution >= 0.6 is 0 Å². The molecule has 0 saturated carbocycles. The summed E-state index contributed by atoms with van der Waals surface area (Å²) in [7, 11) is 2.96. The quantitative estimate of drug-likeness (QED) is 0.425. The van der Waals surface area contributed by atoms with E-state index in [9.17, 15) is 9.59 Å². The lowest BCUT2D eigenvalue weighted by atomic mass is 9.98. The zero-order chi connectivity index (χ0) is 24.9. The molecule has 0 aromatic carbocycles. The zero-order valence-corrected chi connectivity index (χ0v) is 19.9. The highest BCUT2D eigenvalue weighted by Gasteiger charge is 2.22. The molecule has 1 amide bonds. The zero-order valence-electron chi connectivity index (χ0n) is 19.9. The summed E-state index contributed by atoms with van der Waals surface area (Å²) in [4.78, 5) is 36.4. The number of aromatic nitrogens is 4. The smallest absolute Gasteiger partial charge is 0.222 e. The molecule has 9 nitrogen and oxygen atoms in total. The van der Waals surface area contributed by atoms with Gasteiger partial charge in [0, 0.05) is 73.8 Å². The minimum atomic E-state index is -0.173. The van der Waals surface area contributed by atoms with Gasteiger partial charge >= 0.3 is 0 Å². The molecule has 0 radical (unpaired) electrons. The lowest BCUT2D eigenvalue weighted by Gasteiger charge is -2.12. The first-order valence-electron chi connectivity index (χ1n) is 11.2. The lowest BCUT2D eigenvalue weighted by Crippen LogP contribution is -2.07. The molecule has 9 heteroatoms. The monoisotopic (exact) mass is 473 g/mol. The third-order valence-electron chi connectivity index (χ3n) is 5.87. The number of aliphatic hydroxyl groups excluding tert-OH is 1. The van der Waals surface area contributed by atoms with E-state index < -0.39 is 0 Å². The van der Waals surface area contributed by atoms with Crippen molar-refractivity contribution in [1.29, 1.82) is 0 Å². The van der Waals surface area contributed by atoms with Gasteiger partial charge in [0.15, 0.2) is 6.29 Å². The van der Waals surface area contributed by atoms with Gasteiger partial charge in [-0.15, -0.1) is 0 Å². The fraction of sp³-hybridized carbons (Fsp3) is 0.269. The van der Waals surface area contributed by atoms with E-state index in [4.69, 9.17) is 14.8 Å². The van der Waals surface area contributed by atoms with Gasteiger partial charge in [-0.05, 0) is 36.8 Å². The van der Waals surface area contributed by atoms with Crippen LogP contribution in [-0.4, -0.2) is 57.1 Å². The van der Waals surface area contributed by atoms with E-state index in [2.05, 4.69) is 21.4 Å². The van der Waals surface area contributed by atoms with E-state index >= 15 is 0 Å². The fourth-order valence-corrected chi connectivity index (χ4v) is 4.19. The summed E-state index contributed by atoms with van der Waals surface area (Å²) in [5.41, 5.74) is 5.86. The minimum absolute atomic E-state index is 0.173. The van der Waals surface area contributed by atoms with Crippen LogP contribution in [0.25, 0.3) is 33.4 Å². The van der Waals surface area contributed by atoms with E-state index in [-0.39, 0.29) is 11.8 Å². The van der Waals surface area contributed by atoms with Crippen LogP contribution in [0.2, 0.25) is 0 Å². The minimum Gasteiger partial charge on any atom is -0.400 e. The third-order valence-corrected chi connectivity index (χ3v) is 5.87. The van der Waals surface area contributed by atoms with Crippen molar-refractivity contribution in [3.8, 4) is 22.5 Å². The molecule has 0 spiro atoms. The number of anilines is 1. The lowest BCUT2D eigenvalue weighted by molar-refractivity contribution is -0.114. The van der Waals surface area contributed by atoms with E-state index in [1.807, 2.05) is 36.0 Å². The maximum Gasteiger partial charge on any atom is 0.222 e. The van der Waals surface area contributed by atoms with Crippen molar-refractivity contribution in [3.05, 3.63) is 60.2 Å². The first kappa shape index (κ1) is 24.2. The first-order chi connectivity index (χ1) is 17.0. The summed E-state index contributed by atoms with van der Waals surface area (Å²) in [5.74, 6) is 0.534. The Labute approximate surface area is 202 Å². The number of hydrogen-bond donors (Lipinski definition) is 2. The van der Waals surface area contributed by atoms with Gasteiger partial charge in [0.05, 0.1) is 29.7 Å². The second kappa shape index (κ2) is 10.5. The predicted molar refractivity (Wildman–Crippen MR) is 133 cm³/mol. The Morgan fingerprint density at radius 1 is 1.17 bits per heavy atom. The van der Waals surface area contributed by atoms with Crippen molar-refractivity contribution in [3.63, 3.8) is 0 Å². The predicted octanol–water partition coefficient (Wildman–Crippen LogP) is 3.58. The average molecular weight is 474 g/mol. The van der Waals surface area contributed by atoms with Crippen LogP contribution in [0.4, 0.5) is 5.82 Å². The number of carbonyl (C=O) groups excluding carboxylic acids is 2. The Kier molecular flexibility index (Phi) is 7.28. The van der Waals surface area contributed by atoms with Crippen molar-refractivity contribution in [2.45, 2.75) is 19.3 Å². The van der Waals surface area contributed by atoms with E-state index in [0.717, 1.165) is 65.5 Å². The van der Waals surface area contributed by atoms with Gasteiger partial charge in [-0.3, -0.25) is 19.6 Å². The Hall–Kier alpha value is -3.95. The number of carbonyl (C=O) groups is 2. The first-order valence-corrected chi connectivity index (χ1v) is 11.2. The van der Waals surface area contributed by atoms with Crippen LogP contribution in [0.15, 0.2) is 48.9 Å². The van der Waals surface area contributed by atoms with E-state index in [0.29, 0.717) is 18.0 Å². The molecule has 0 aliphatic carbocycles. The number of nitrogens with zero attached hydrogens (tertiary/aromatic N) is 4. The molecular formula is C26H27N5O4. The van der Waals surface area contributed by atoms with Gasteiger partial charge in [-0.25, -0.2) is 4.98 Å². The second-order valence-corrected chi connectivity index (χ2v) is 8.24. The number of aldehydes is 1. The van der Waals surface area contributed by atoms with Crippen molar-refractivity contribution in [1.82, 2.24) is 19.5 Å². The topological polar surface area (TPSA) is 119 Å². The third kappa shape index (κ3) is 5.11.